The molecule has 0 aliphatic carbocycles. The Morgan fingerprint density at radius 2 is 1.53 bits per heavy atom. The van der Waals surface area contributed by atoms with Crippen LogP contribution in [0.15, 0.2) is 60.8 Å². The van der Waals surface area contributed by atoms with Crippen molar-refractivity contribution >= 4 is 28.8 Å². The zero-order valence-electron chi connectivity index (χ0n) is 18.3. The maximum Gasteiger partial charge on any atom is 0.176 e. The molecule has 0 bridgehead atoms. The van der Waals surface area contributed by atoms with Crippen molar-refractivity contribution in [3.63, 3.8) is 0 Å². The van der Waals surface area contributed by atoms with Crippen LogP contribution in [0.3, 0.4) is 0 Å². The number of aryl methyl sites for hydroxylation is 2. The fourth-order valence-corrected chi connectivity index (χ4v) is 3.66. The summed E-state index contributed by atoms with van der Waals surface area (Å²) >= 11 is 5.49. The highest BCUT2D eigenvalue weighted by atomic mass is 32.1. The number of nitrogens with zero attached hydrogens (tertiary/aromatic N) is 4. The van der Waals surface area contributed by atoms with Gasteiger partial charge in [-0.1, -0.05) is 42.0 Å². The molecular formula is C24H25FN6S. The number of benzene rings is 2. The van der Waals surface area contributed by atoms with E-state index in [1.54, 1.807) is 12.1 Å². The van der Waals surface area contributed by atoms with E-state index in [4.69, 9.17) is 12.2 Å². The van der Waals surface area contributed by atoms with Crippen molar-refractivity contribution in [1.29, 1.82) is 0 Å². The summed E-state index contributed by atoms with van der Waals surface area (Å²) in [5.74, 6) is 0.422. The smallest absolute Gasteiger partial charge is 0.176 e. The predicted octanol–water partition coefficient (Wildman–Crippen LogP) is 5.05. The van der Waals surface area contributed by atoms with E-state index in [-0.39, 0.29) is 5.82 Å². The molecule has 8 heteroatoms. The lowest BCUT2D eigenvalue weighted by atomic mass is 10.1. The Balaban J connectivity index is 1.39. The highest BCUT2D eigenvalue weighted by molar-refractivity contribution is 7.80. The summed E-state index contributed by atoms with van der Waals surface area (Å²) in [6.45, 7) is 7.22. The van der Waals surface area contributed by atoms with E-state index < -0.39 is 0 Å². The second kappa shape index (κ2) is 9.32. The second-order valence-electron chi connectivity index (χ2n) is 7.79. The largest absolute Gasteiger partial charge is 0.329 e. The molecule has 2 N–H and O–H groups in total. The second-order valence-corrected chi connectivity index (χ2v) is 8.20. The van der Waals surface area contributed by atoms with Crippen LogP contribution in [0.4, 0.5) is 15.9 Å². The lowest BCUT2D eigenvalue weighted by Gasteiger charge is -2.10. The van der Waals surface area contributed by atoms with Gasteiger partial charge in [0.1, 0.15) is 5.82 Å². The van der Waals surface area contributed by atoms with Crippen LogP contribution in [-0.4, -0.2) is 24.7 Å². The lowest BCUT2D eigenvalue weighted by Crippen LogP contribution is -2.20. The first kappa shape index (κ1) is 21.7. The molecule has 0 fully saturated rings. The van der Waals surface area contributed by atoms with Crippen molar-refractivity contribution in [3.05, 3.63) is 94.7 Å². The van der Waals surface area contributed by atoms with Gasteiger partial charge < -0.3 is 10.6 Å². The van der Waals surface area contributed by atoms with Gasteiger partial charge in [0, 0.05) is 12.3 Å². The van der Waals surface area contributed by atoms with E-state index >= 15 is 0 Å². The highest BCUT2D eigenvalue weighted by Gasteiger charge is 2.14. The van der Waals surface area contributed by atoms with Crippen molar-refractivity contribution in [3.8, 4) is 0 Å². The third-order valence-electron chi connectivity index (χ3n) is 5.21. The molecule has 6 nitrogen and oxygen atoms in total. The van der Waals surface area contributed by atoms with E-state index in [0.717, 1.165) is 22.6 Å². The monoisotopic (exact) mass is 448 g/mol. The van der Waals surface area contributed by atoms with Gasteiger partial charge in [-0.3, -0.25) is 9.36 Å². The molecule has 2 heterocycles. The van der Waals surface area contributed by atoms with Gasteiger partial charge in [0.2, 0.25) is 0 Å². The summed E-state index contributed by atoms with van der Waals surface area (Å²) in [6.07, 6.45) is 1.92. The number of rotatable bonds is 6. The molecule has 2 aromatic heterocycles. The van der Waals surface area contributed by atoms with Crippen LogP contribution >= 0.6 is 12.2 Å². The number of thiocarbonyl (C=S) groups is 1. The molecule has 0 atom stereocenters. The SMILES string of the molecule is Cc1ccc(Cn2ccc(NC(=S)Nc3c(C)nn(Cc4ccc(F)cc4)c3C)n2)cc1. The third kappa shape index (κ3) is 5.20. The summed E-state index contributed by atoms with van der Waals surface area (Å²) in [5.41, 5.74) is 6.02. The van der Waals surface area contributed by atoms with E-state index in [1.807, 2.05) is 35.5 Å². The van der Waals surface area contributed by atoms with Crippen LogP contribution in [0.25, 0.3) is 0 Å². The maximum absolute atomic E-state index is 13.2. The quantitative estimate of drug-likeness (QED) is 0.404. The Kier molecular flexibility index (Phi) is 6.32. The van der Waals surface area contributed by atoms with Gasteiger partial charge in [-0.15, -0.1) is 0 Å². The molecule has 0 unspecified atom stereocenters. The molecule has 0 spiro atoms. The van der Waals surface area contributed by atoms with E-state index in [2.05, 4.69) is 52.0 Å². The predicted molar refractivity (Wildman–Crippen MR) is 130 cm³/mol. The van der Waals surface area contributed by atoms with Crippen molar-refractivity contribution in [2.45, 2.75) is 33.9 Å². The average Bonchev–Trinajstić information content (AvgIpc) is 3.30. The van der Waals surface area contributed by atoms with Crippen LogP contribution in [0.1, 0.15) is 28.1 Å². The van der Waals surface area contributed by atoms with E-state index in [1.165, 1.54) is 23.3 Å². The van der Waals surface area contributed by atoms with Gasteiger partial charge in [0.15, 0.2) is 10.9 Å². The average molecular weight is 449 g/mol. The molecule has 0 amide bonds. The first-order valence-electron chi connectivity index (χ1n) is 10.3. The van der Waals surface area contributed by atoms with Crippen LogP contribution < -0.4 is 10.6 Å². The number of hydrogen-bond acceptors (Lipinski definition) is 3. The van der Waals surface area contributed by atoms with Crippen LogP contribution in [0.2, 0.25) is 0 Å². The summed E-state index contributed by atoms with van der Waals surface area (Å²) < 4.78 is 16.9. The minimum Gasteiger partial charge on any atom is -0.329 e. The van der Waals surface area contributed by atoms with Crippen LogP contribution in [0.5, 0.6) is 0 Å². The summed E-state index contributed by atoms with van der Waals surface area (Å²) in [5, 5.41) is 16.0. The molecule has 0 radical (unpaired) electrons. The van der Waals surface area contributed by atoms with Crippen molar-refractivity contribution < 1.29 is 4.39 Å². The Hall–Kier alpha value is -3.52. The van der Waals surface area contributed by atoms with Gasteiger partial charge in [0.05, 0.1) is 30.2 Å². The Labute approximate surface area is 192 Å². The lowest BCUT2D eigenvalue weighted by molar-refractivity contribution is 0.622. The van der Waals surface area contributed by atoms with Gasteiger partial charge in [0.25, 0.3) is 0 Å². The minimum atomic E-state index is -0.248. The summed E-state index contributed by atoms with van der Waals surface area (Å²) in [7, 11) is 0. The molecule has 0 aliphatic rings. The zero-order valence-corrected chi connectivity index (χ0v) is 19.1. The van der Waals surface area contributed by atoms with Gasteiger partial charge in [-0.25, -0.2) is 4.39 Å². The van der Waals surface area contributed by atoms with Crippen molar-refractivity contribution in [2.75, 3.05) is 10.6 Å². The Morgan fingerprint density at radius 3 is 2.25 bits per heavy atom. The molecule has 4 aromatic rings. The third-order valence-corrected chi connectivity index (χ3v) is 5.42. The summed E-state index contributed by atoms with van der Waals surface area (Å²) in [6, 6.07) is 16.7. The first-order valence-corrected chi connectivity index (χ1v) is 10.7. The highest BCUT2D eigenvalue weighted by Crippen LogP contribution is 2.21. The Morgan fingerprint density at radius 1 is 0.875 bits per heavy atom. The van der Waals surface area contributed by atoms with Crippen molar-refractivity contribution in [1.82, 2.24) is 19.6 Å². The number of halogens is 1. The number of anilines is 2. The first-order chi connectivity index (χ1) is 15.4. The minimum absolute atomic E-state index is 0.248. The van der Waals surface area contributed by atoms with Crippen molar-refractivity contribution in [2.24, 2.45) is 0 Å². The van der Waals surface area contributed by atoms with Gasteiger partial charge in [-0.05, 0) is 56.2 Å². The molecule has 4 rings (SSSR count). The van der Waals surface area contributed by atoms with E-state index in [0.29, 0.717) is 24.0 Å². The van der Waals surface area contributed by atoms with E-state index in [9.17, 15) is 4.39 Å². The number of aromatic nitrogens is 4. The zero-order chi connectivity index (χ0) is 22.7. The molecule has 2 aromatic carbocycles. The van der Waals surface area contributed by atoms with Crippen LogP contribution in [-0.2, 0) is 13.1 Å². The summed E-state index contributed by atoms with van der Waals surface area (Å²) in [4.78, 5) is 0. The number of nitrogens with one attached hydrogen (secondary N) is 2. The van der Waals surface area contributed by atoms with Crippen LogP contribution in [0, 0.1) is 26.6 Å². The molecule has 32 heavy (non-hydrogen) atoms. The molecule has 0 saturated heterocycles. The number of hydrogen-bond donors (Lipinski definition) is 2. The maximum atomic E-state index is 13.2. The molecule has 164 valence electrons. The fraction of sp³-hybridized carbons (Fsp3) is 0.208. The normalized spacial score (nSPS) is 10.9. The fourth-order valence-electron chi connectivity index (χ4n) is 3.45. The standard InChI is InChI=1S/C24H25FN6S/c1-16-4-6-19(7-5-16)14-30-13-12-22(29-30)26-24(32)27-23-17(2)28-31(18(23)3)15-20-8-10-21(25)11-9-20/h4-13H,14-15H2,1-3H3,(H2,26,27,29,32). The van der Waals surface area contributed by atoms with Gasteiger partial charge in [-0.2, -0.15) is 10.2 Å². The Bertz CT molecular complexity index is 1220. The molecule has 0 saturated carbocycles. The van der Waals surface area contributed by atoms with Gasteiger partial charge >= 0.3 is 0 Å². The molecular weight excluding hydrogens is 423 g/mol. The topological polar surface area (TPSA) is 59.7 Å². The molecule has 0 aliphatic heterocycles.